The first-order valence-corrected chi connectivity index (χ1v) is 7.43. The van der Waals surface area contributed by atoms with Gasteiger partial charge >= 0.3 is 0 Å². The molecule has 2 heterocycles. The molecule has 0 bridgehead atoms. The highest BCUT2D eigenvalue weighted by atomic mass is 19.1. The molecule has 0 aliphatic carbocycles. The Morgan fingerprint density at radius 2 is 2.10 bits per heavy atom. The maximum atomic E-state index is 13.1. The molecule has 0 N–H and O–H groups in total. The second kappa shape index (κ2) is 5.93. The third-order valence-corrected chi connectivity index (χ3v) is 3.63. The third-order valence-electron chi connectivity index (χ3n) is 3.63. The maximum absolute atomic E-state index is 13.1. The lowest BCUT2D eigenvalue weighted by Gasteiger charge is -2.09. The van der Waals surface area contributed by atoms with Crippen molar-refractivity contribution in [3.8, 4) is 5.69 Å². The molecular weight excluding hydrogens is 269 g/mol. The van der Waals surface area contributed by atoms with Crippen LogP contribution in [-0.4, -0.2) is 28.0 Å². The highest BCUT2D eigenvalue weighted by Crippen LogP contribution is 2.26. The van der Waals surface area contributed by atoms with Gasteiger partial charge in [0.15, 0.2) is 5.82 Å². The molecule has 0 unspecified atom stereocenters. The van der Waals surface area contributed by atoms with Gasteiger partial charge in [-0.3, -0.25) is 0 Å². The lowest BCUT2D eigenvalue weighted by molar-refractivity contribution is 0.193. The van der Waals surface area contributed by atoms with Crippen LogP contribution in [0.1, 0.15) is 37.8 Å². The summed E-state index contributed by atoms with van der Waals surface area (Å²) in [6, 6.07) is 6.38. The molecule has 5 heteroatoms. The molecule has 1 saturated heterocycles. The number of nitrogens with zero attached hydrogens (tertiary/aromatic N) is 3. The molecule has 1 aromatic carbocycles. The minimum absolute atomic E-state index is 0.244. The van der Waals surface area contributed by atoms with E-state index in [4.69, 9.17) is 9.72 Å². The summed E-state index contributed by atoms with van der Waals surface area (Å²) in [5.41, 5.74) is 0.848. The molecule has 1 fully saturated rings. The van der Waals surface area contributed by atoms with Crippen LogP contribution in [0, 0.1) is 11.7 Å². The van der Waals surface area contributed by atoms with Crippen molar-refractivity contribution < 1.29 is 9.13 Å². The van der Waals surface area contributed by atoms with E-state index in [9.17, 15) is 4.39 Å². The van der Waals surface area contributed by atoms with Gasteiger partial charge in [0.25, 0.3) is 0 Å². The molecule has 0 radical (unpaired) electrons. The molecule has 0 amide bonds. The number of ether oxygens (including phenoxy) is 1. The van der Waals surface area contributed by atoms with Crippen LogP contribution in [0.4, 0.5) is 4.39 Å². The number of hydrogen-bond donors (Lipinski definition) is 0. The van der Waals surface area contributed by atoms with Crippen molar-refractivity contribution in [2.24, 2.45) is 5.92 Å². The van der Waals surface area contributed by atoms with Gasteiger partial charge in [0.1, 0.15) is 11.6 Å². The SMILES string of the molecule is CC(C)Cc1nc([C@H]2CCOC2)n(-c2ccc(F)cc2)n1. The monoisotopic (exact) mass is 289 g/mol. The summed E-state index contributed by atoms with van der Waals surface area (Å²) in [4.78, 5) is 4.71. The Balaban J connectivity index is 1.99. The Labute approximate surface area is 124 Å². The van der Waals surface area contributed by atoms with Crippen molar-refractivity contribution in [3.05, 3.63) is 41.7 Å². The van der Waals surface area contributed by atoms with Crippen LogP contribution in [0.25, 0.3) is 5.69 Å². The average molecular weight is 289 g/mol. The summed E-state index contributed by atoms with van der Waals surface area (Å²) in [7, 11) is 0. The highest BCUT2D eigenvalue weighted by molar-refractivity contribution is 5.32. The fourth-order valence-corrected chi connectivity index (χ4v) is 2.59. The van der Waals surface area contributed by atoms with Gasteiger partial charge in [-0.05, 0) is 36.6 Å². The molecule has 21 heavy (non-hydrogen) atoms. The summed E-state index contributed by atoms with van der Waals surface area (Å²) in [5.74, 6) is 2.29. The predicted molar refractivity (Wildman–Crippen MR) is 78.0 cm³/mol. The number of halogens is 1. The zero-order chi connectivity index (χ0) is 14.8. The molecular formula is C16H20FN3O. The van der Waals surface area contributed by atoms with Crippen molar-refractivity contribution in [3.63, 3.8) is 0 Å². The van der Waals surface area contributed by atoms with E-state index in [1.54, 1.807) is 12.1 Å². The van der Waals surface area contributed by atoms with Crippen molar-refractivity contribution in [1.82, 2.24) is 14.8 Å². The Bertz CT molecular complexity index is 600. The molecule has 0 spiro atoms. The van der Waals surface area contributed by atoms with Crippen LogP contribution in [0.3, 0.4) is 0 Å². The Hall–Kier alpha value is -1.75. The Morgan fingerprint density at radius 3 is 2.71 bits per heavy atom. The minimum atomic E-state index is -0.244. The molecule has 4 nitrogen and oxygen atoms in total. The first-order valence-electron chi connectivity index (χ1n) is 7.43. The Morgan fingerprint density at radius 1 is 1.33 bits per heavy atom. The second-order valence-corrected chi connectivity index (χ2v) is 5.93. The van der Waals surface area contributed by atoms with E-state index in [1.807, 2.05) is 4.68 Å². The molecule has 1 aliphatic rings. The van der Waals surface area contributed by atoms with E-state index >= 15 is 0 Å². The maximum Gasteiger partial charge on any atom is 0.151 e. The fraction of sp³-hybridized carbons (Fsp3) is 0.500. The fourth-order valence-electron chi connectivity index (χ4n) is 2.59. The van der Waals surface area contributed by atoms with E-state index in [0.29, 0.717) is 12.5 Å². The van der Waals surface area contributed by atoms with Crippen LogP contribution in [0.2, 0.25) is 0 Å². The van der Waals surface area contributed by atoms with Gasteiger partial charge < -0.3 is 4.74 Å². The molecule has 2 aromatic rings. The van der Waals surface area contributed by atoms with Gasteiger partial charge in [-0.25, -0.2) is 14.1 Å². The number of hydrogen-bond acceptors (Lipinski definition) is 3. The zero-order valence-corrected chi connectivity index (χ0v) is 12.4. The lowest BCUT2D eigenvalue weighted by Crippen LogP contribution is -2.09. The van der Waals surface area contributed by atoms with Crippen LogP contribution in [0.15, 0.2) is 24.3 Å². The van der Waals surface area contributed by atoms with Crippen LogP contribution >= 0.6 is 0 Å². The largest absolute Gasteiger partial charge is 0.381 e. The van der Waals surface area contributed by atoms with E-state index in [2.05, 4.69) is 18.9 Å². The normalized spacial score (nSPS) is 18.6. The number of benzene rings is 1. The first kappa shape index (κ1) is 14.2. The van der Waals surface area contributed by atoms with E-state index < -0.39 is 0 Å². The van der Waals surface area contributed by atoms with Crippen LogP contribution in [0.5, 0.6) is 0 Å². The van der Waals surface area contributed by atoms with Gasteiger partial charge in [-0.2, -0.15) is 5.10 Å². The topological polar surface area (TPSA) is 39.9 Å². The van der Waals surface area contributed by atoms with Crippen molar-refractivity contribution >= 4 is 0 Å². The van der Waals surface area contributed by atoms with Gasteiger partial charge in [0.05, 0.1) is 12.3 Å². The van der Waals surface area contributed by atoms with E-state index in [-0.39, 0.29) is 11.7 Å². The lowest BCUT2D eigenvalue weighted by atomic mass is 10.1. The molecule has 1 aliphatic heterocycles. The van der Waals surface area contributed by atoms with E-state index in [0.717, 1.165) is 36.8 Å². The summed E-state index contributed by atoms with van der Waals surface area (Å²) in [5, 5.41) is 4.62. The van der Waals surface area contributed by atoms with Gasteiger partial charge in [0.2, 0.25) is 0 Å². The molecule has 1 aromatic heterocycles. The summed E-state index contributed by atoms with van der Waals surface area (Å²) >= 11 is 0. The molecule has 112 valence electrons. The smallest absolute Gasteiger partial charge is 0.151 e. The first-order chi connectivity index (χ1) is 10.1. The van der Waals surface area contributed by atoms with Crippen molar-refractivity contribution in [2.45, 2.75) is 32.6 Å². The predicted octanol–water partition coefficient (Wildman–Crippen LogP) is 3.11. The third kappa shape index (κ3) is 3.13. The number of aromatic nitrogens is 3. The van der Waals surface area contributed by atoms with Gasteiger partial charge in [-0.15, -0.1) is 0 Å². The van der Waals surface area contributed by atoms with Gasteiger partial charge in [-0.1, -0.05) is 13.8 Å². The summed E-state index contributed by atoms with van der Waals surface area (Å²) < 4.78 is 20.4. The summed E-state index contributed by atoms with van der Waals surface area (Å²) in [6.07, 6.45) is 1.80. The van der Waals surface area contributed by atoms with Crippen molar-refractivity contribution in [1.29, 1.82) is 0 Å². The zero-order valence-electron chi connectivity index (χ0n) is 12.4. The molecule has 1 atom stereocenters. The average Bonchev–Trinajstić information content (AvgIpc) is 3.07. The standard InChI is InChI=1S/C16H20FN3O/c1-11(2)9-15-18-16(12-7-8-21-10-12)20(19-15)14-5-3-13(17)4-6-14/h3-6,11-12H,7-10H2,1-2H3/t12-/m0/s1. The summed E-state index contributed by atoms with van der Waals surface area (Å²) in [6.45, 7) is 5.75. The van der Waals surface area contributed by atoms with E-state index in [1.165, 1.54) is 12.1 Å². The highest BCUT2D eigenvalue weighted by Gasteiger charge is 2.25. The Kier molecular flexibility index (Phi) is 4.01. The minimum Gasteiger partial charge on any atom is -0.381 e. The second-order valence-electron chi connectivity index (χ2n) is 5.93. The molecule has 0 saturated carbocycles. The van der Waals surface area contributed by atoms with Gasteiger partial charge in [0, 0.05) is 18.9 Å². The quantitative estimate of drug-likeness (QED) is 0.868. The van der Waals surface area contributed by atoms with Crippen LogP contribution in [-0.2, 0) is 11.2 Å². The van der Waals surface area contributed by atoms with Crippen molar-refractivity contribution in [2.75, 3.05) is 13.2 Å². The molecule has 3 rings (SSSR count). The van der Waals surface area contributed by atoms with Crippen LogP contribution < -0.4 is 0 Å². The number of rotatable bonds is 4.